The van der Waals surface area contributed by atoms with Gasteiger partial charge in [-0.1, -0.05) is 109 Å². The molecule has 9 rings (SSSR count). The van der Waals surface area contributed by atoms with Gasteiger partial charge in [-0.2, -0.15) is 0 Å². The van der Waals surface area contributed by atoms with Gasteiger partial charge in [-0.05, 0) is 45.3 Å². The van der Waals surface area contributed by atoms with Gasteiger partial charge < -0.3 is 4.74 Å². The van der Waals surface area contributed by atoms with Crippen molar-refractivity contribution in [1.82, 2.24) is 9.97 Å². The molecule has 0 saturated carbocycles. The second-order valence-electron chi connectivity index (χ2n) is 10.9. The Kier molecular flexibility index (Phi) is 4.73. The van der Waals surface area contributed by atoms with E-state index in [4.69, 9.17) is 14.7 Å². The predicted octanol–water partition coefficient (Wildman–Crippen LogP) is 9.39. The second kappa shape index (κ2) is 8.61. The first-order valence-corrected chi connectivity index (χ1v) is 14.1. The molecule has 2 atom stereocenters. The van der Waals surface area contributed by atoms with E-state index in [0.29, 0.717) is 0 Å². The van der Waals surface area contributed by atoms with Crippen LogP contribution in [-0.2, 0) is 0 Å². The van der Waals surface area contributed by atoms with Crippen LogP contribution in [0, 0.1) is 0 Å². The lowest BCUT2D eigenvalue weighted by atomic mass is 9.86. The minimum absolute atomic E-state index is 0.0252. The summed E-state index contributed by atoms with van der Waals surface area (Å²) in [7, 11) is 0. The maximum absolute atomic E-state index is 6.63. The van der Waals surface area contributed by atoms with Crippen molar-refractivity contribution in [3.05, 3.63) is 139 Å². The highest BCUT2D eigenvalue weighted by Gasteiger charge is 2.35. The van der Waals surface area contributed by atoms with Gasteiger partial charge in [-0.3, -0.25) is 4.98 Å². The molecule has 41 heavy (non-hydrogen) atoms. The molecule has 0 saturated heterocycles. The van der Waals surface area contributed by atoms with E-state index in [2.05, 4.69) is 127 Å². The van der Waals surface area contributed by atoms with Gasteiger partial charge in [0, 0.05) is 33.4 Å². The van der Waals surface area contributed by atoms with Gasteiger partial charge in [0.2, 0.25) is 0 Å². The number of fused-ring (bicyclic) bond motifs is 11. The fraction of sp³-hybridized carbons (Fsp3) is 0.0526. The third-order valence-electron chi connectivity index (χ3n) is 8.61. The van der Waals surface area contributed by atoms with Crippen molar-refractivity contribution in [2.24, 2.45) is 0 Å². The highest BCUT2D eigenvalue weighted by Crippen LogP contribution is 2.50. The number of aromatic nitrogens is 2. The number of hydrogen-bond donors (Lipinski definition) is 0. The van der Waals surface area contributed by atoms with Crippen molar-refractivity contribution in [2.45, 2.75) is 12.0 Å². The summed E-state index contributed by atoms with van der Waals surface area (Å²) in [5.41, 5.74) is 7.26. The lowest BCUT2D eigenvalue weighted by molar-refractivity contribution is 0.270. The van der Waals surface area contributed by atoms with Gasteiger partial charge >= 0.3 is 0 Å². The van der Waals surface area contributed by atoms with Gasteiger partial charge in [-0.15, -0.1) is 0 Å². The monoisotopic (exact) mass is 524 g/mol. The average molecular weight is 525 g/mol. The molecule has 0 N–H and O–H groups in total. The first kappa shape index (κ1) is 22.5. The molecular weight excluding hydrogens is 500 g/mol. The van der Waals surface area contributed by atoms with Crippen LogP contribution in [0.15, 0.2) is 134 Å². The van der Waals surface area contributed by atoms with Crippen LogP contribution in [0.25, 0.3) is 65.7 Å². The van der Waals surface area contributed by atoms with Crippen LogP contribution in [-0.4, -0.2) is 16.1 Å². The van der Waals surface area contributed by atoms with Crippen molar-refractivity contribution in [2.75, 3.05) is 0 Å². The highest BCUT2D eigenvalue weighted by molar-refractivity contribution is 6.23. The fourth-order valence-electron chi connectivity index (χ4n) is 6.73. The lowest BCUT2D eigenvalue weighted by Gasteiger charge is -2.14. The molecule has 0 radical (unpaired) electrons. The minimum Gasteiger partial charge on any atom is -0.484 e. The molecule has 1 aliphatic carbocycles. The summed E-state index contributed by atoms with van der Waals surface area (Å²) in [6.45, 7) is 0. The summed E-state index contributed by atoms with van der Waals surface area (Å²) in [5, 5.41) is 7.13. The molecule has 0 amide bonds. The van der Waals surface area contributed by atoms with Crippen LogP contribution >= 0.6 is 0 Å². The van der Waals surface area contributed by atoms with E-state index in [1.807, 2.05) is 6.20 Å². The van der Waals surface area contributed by atoms with Crippen molar-refractivity contribution < 1.29 is 4.74 Å². The zero-order valence-electron chi connectivity index (χ0n) is 22.2. The van der Waals surface area contributed by atoms with E-state index in [1.54, 1.807) is 0 Å². The van der Waals surface area contributed by atoms with Crippen LogP contribution in [0.5, 0.6) is 5.75 Å². The van der Waals surface area contributed by atoms with Gasteiger partial charge in [0.05, 0.1) is 22.9 Å². The fourth-order valence-corrected chi connectivity index (χ4v) is 6.73. The molecule has 0 spiro atoms. The number of nitrogens with zero attached hydrogens (tertiary/aromatic N) is 2. The first-order chi connectivity index (χ1) is 20.3. The molecule has 6 aromatic carbocycles. The number of ether oxygens (including phenoxy) is 1. The van der Waals surface area contributed by atoms with E-state index >= 15 is 0 Å². The number of benzene rings is 6. The van der Waals surface area contributed by atoms with Gasteiger partial charge in [0.25, 0.3) is 0 Å². The topological polar surface area (TPSA) is 35.0 Å². The SMILES string of the molecule is C1=CC2Oc3c(-c4cccc(-c5cnc6c7ccccc7c7ccccc7c6n5)c4)cc4ccccc4c3C2C=C1. The van der Waals surface area contributed by atoms with E-state index < -0.39 is 0 Å². The Morgan fingerprint density at radius 2 is 1.27 bits per heavy atom. The molecule has 1 aromatic heterocycles. The summed E-state index contributed by atoms with van der Waals surface area (Å²) in [4.78, 5) is 10.2. The molecule has 2 heterocycles. The highest BCUT2D eigenvalue weighted by atomic mass is 16.5. The van der Waals surface area contributed by atoms with Crippen LogP contribution < -0.4 is 4.74 Å². The minimum atomic E-state index is 0.0252. The first-order valence-electron chi connectivity index (χ1n) is 14.1. The molecule has 7 aromatic rings. The number of rotatable bonds is 2. The van der Waals surface area contributed by atoms with E-state index in [1.165, 1.54) is 27.1 Å². The molecule has 2 aliphatic rings. The molecule has 3 nitrogen and oxygen atoms in total. The van der Waals surface area contributed by atoms with Gasteiger partial charge in [-0.25, -0.2) is 4.98 Å². The molecular formula is C38H24N2O. The summed E-state index contributed by atoms with van der Waals surface area (Å²) in [5.74, 6) is 1.20. The normalized spacial score (nSPS) is 17.3. The Morgan fingerprint density at radius 3 is 2.10 bits per heavy atom. The summed E-state index contributed by atoms with van der Waals surface area (Å²) in [6.07, 6.45) is 10.6. The van der Waals surface area contributed by atoms with Crippen LogP contribution in [0.2, 0.25) is 0 Å². The van der Waals surface area contributed by atoms with Gasteiger partial charge in [0.1, 0.15) is 11.9 Å². The Balaban J connectivity index is 1.25. The van der Waals surface area contributed by atoms with Crippen molar-refractivity contribution in [3.8, 4) is 28.1 Å². The Bertz CT molecular complexity index is 2230. The Morgan fingerprint density at radius 1 is 0.585 bits per heavy atom. The molecule has 0 fully saturated rings. The largest absolute Gasteiger partial charge is 0.484 e. The molecule has 192 valence electrons. The summed E-state index contributed by atoms with van der Waals surface area (Å²) in [6, 6.07) is 36.5. The maximum Gasteiger partial charge on any atom is 0.132 e. The molecule has 1 aliphatic heterocycles. The smallest absolute Gasteiger partial charge is 0.132 e. The van der Waals surface area contributed by atoms with Crippen LogP contribution in [0.3, 0.4) is 0 Å². The second-order valence-corrected chi connectivity index (χ2v) is 10.9. The Labute approximate surface area is 237 Å². The van der Waals surface area contributed by atoms with Gasteiger partial charge in [0.15, 0.2) is 0 Å². The van der Waals surface area contributed by atoms with E-state index in [0.717, 1.165) is 49.9 Å². The maximum atomic E-state index is 6.63. The van der Waals surface area contributed by atoms with Crippen molar-refractivity contribution in [1.29, 1.82) is 0 Å². The molecule has 2 unspecified atom stereocenters. The standard InChI is InChI=1S/C38H24N2O/c1-2-13-26-24(10-1)21-32(38-35(26)31-18-7-8-19-34(31)41-38)23-11-9-12-25(20-23)33-22-39-36-29-16-5-3-14-27(29)28-15-4-6-17-30(28)37(36)40-33/h1-22,31,34H. The Hall–Kier alpha value is -5.28. The molecule has 3 heteroatoms. The third-order valence-corrected chi connectivity index (χ3v) is 8.61. The van der Waals surface area contributed by atoms with Crippen molar-refractivity contribution >= 4 is 43.4 Å². The predicted molar refractivity (Wildman–Crippen MR) is 168 cm³/mol. The van der Waals surface area contributed by atoms with Crippen molar-refractivity contribution in [3.63, 3.8) is 0 Å². The number of hydrogen-bond acceptors (Lipinski definition) is 3. The average Bonchev–Trinajstić information content (AvgIpc) is 3.44. The van der Waals surface area contributed by atoms with E-state index in [-0.39, 0.29) is 12.0 Å². The summed E-state index contributed by atoms with van der Waals surface area (Å²) >= 11 is 0. The quantitative estimate of drug-likeness (QED) is 0.211. The lowest BCUT2D eigenvalue weighted by Crippen LogP contribution is -2.15. The molecule has 0 bridgehead atoms. The third kappa shape index (κ3) is 3.33. The van der Waals surface area contributed by atoms with E-state index in [9.17, 15) is 0 Å². The van der Waals surface area contributed by atoms with Crippen LogP contribution in [0.4, 0.5) is 0 Å². The zero-order chi connectivity index (χ0) is 26.9. The number of allylic oxidation sites excluding steroid dienone is 2. The van der Waals surface area contributed by atoms with Crippen LogP contribution in [0.1, 0.15) is 11.5 Å². The zero-order valence-corrected chi connectivity index (χ0v) is 22.2. The summed E-state index contributed by atoms with van der Waals surface area (Å²) < 4.78 is 6.63.